The summed E-state index contributed by atoms with van der Waals surface area (Å²) < 4.78 is 67.8. The number of hydrogen-bond donors (Lipinski definition) is 10. The van der Waals surface area contributed by atoms with Gasteiger partial charge in [0.1, 0.15) is 42.2 Å². The topological polar surface area (TPSA) is 402 Å². The average Bonchev–Trinajstić information content (AvgIpc) is 3.85. The van der Waals surface area contributed by atoms with Crippen LogP contribution in [0.2, 0.25) is 0 Å². The molecule has 2 aliphatic rings. The van der Waals surface area contributed by atoms with Crippen LogP contribution in [0.3, 0.4) is 0 Å². The Morgan fingerprint density at radius 1 is 0.774 bits per heavy atom. The number of H-pyrrole nitrogens is 2. The van der Waals surface area contributed by atoms with E-state index >= 15 is 0 Å². The number of aryl methyl sites for hydroxylation is 2. The van der Waals surface area contributed by atoms with E-state index in [1.54, 1.807) is 20.8 Å². The number of ether oxygens (including phenoxy) is 3. The van der Waals surface area contributed by atoms with Crippen molar-refractivity contribution in [2.24, 2.45) is 14.1 Å². The number of nitrogens with zero attached hydrogens (tertiary/aromatic N) is 7. The van der Waals surface area contributed by atoms with Crippen LogP contribution in [0.1, 0.15) is 33.2 Å². The molecule has 2 saturated heterocycles. The molecule has 344 valence electrons. The van der Waals surface area contributed by atoms with Crippen LogP contribution in [0.25, 0.3) is 22.3 Å². The fourth-order valence-corrected chi connectivity index (χ4v) is 8.11. The predicted molar refractivity (Wildman–Crippen MR) is 205 cm³/mol. The highest BCUT2D eigenvalue weighted by Crippen LogP contribution is 2.45. The van der Waals surface area contributed by atoms with Gasteiger partial charge in [0, 0.05) is 13.1 Å². The molecule has 2 unspecified atom stereocenters. The van der Waals surface area contributed by atoms with Gasteiger partial charge < -0.3 is 60.8 Å². The number of anilines is 2. The number of carbonyl (C=O) groups is 1. The van der Waals surface area contributed by atoms with Crippen molar-refractivity contribution >= 4 is 56.0 Å². The Balaban J connectivity index is 1.00. The van der Waals surface area contributed by atoms with E-state index in [0.29, 0.717) is 0 Å². The Morgan fingerprint density at radius 3 is 1.53 bits per heavy atom. The summed E-state index contributed by atoms with van der Waals surface area (Å²) in [5.74, 6) is -0.441. The molecule has 62 heavy (non-hydrogen) atoms. The Bertz CT molecular complexity index is 2350. The quantitative estimate of drug-likeness (QED) is 0.0378. The molecule has 31 heteroatoms. The van der Waals surface area contributed by atoms with E-state index < -0.39 is 127 Å². The SMILES string of the molecule is Cn1c[n+]([C@@H]2O[C@H](COP(=O)(O)OCCN(CCOP(=O)(O)OC[C@H]3O[C@@H]([n+]4cn(C)c5c(=O)[nH]c(N)nc54)[C@H](O)[C@@H]3O)C(=O)OC(C)(C)C)[C@@H](O)[C@H]2O)c2nc(N)[nH]c(=O)c21. The minimum Gasteiger partial charge on any atom is -0.444 e. The summed E-state index contributed by atoms with van der Waals surface area (Å²) in [6, 6.07) is 0. The Kier molecular flexibility index (Phi) is 13.6. The molecule has 0 aliphatic carbocycles. The molecule has 0 aromatic carbocycles. The molecule has 4 aromatic heterocycles. The monoisotopic (exact) mass is 925 g/mol. The number of aromatic amines is 2. The van der Waals surface area contributed by atoms with Crippen LogP contribution >= 0.6 is 15.6 Å². The number of carbonyl (C=O) groups excluding carboxylic acids is 1. The maximum absolute atomic E-state index is 13.0. The molecule has 1 amide bonds. The predicted octanol–water partition coefficient (Wildman–Crippen LogP) is -3.98. The van der Waals surface area contributed by atoms with Crippen LogP contribution in [-0.4, -0.2) is 152 Å². The third-order valence-corrected chi connectivity index (χ3v) is 11.5. The van der Waals surface area contributed by atoms with Gasteiger partial charge in [-0.2, -0.15) is 0 Å². The number of aromatic nitrogens is 8. The van der Waals surface area contributed by atoms with E-state index in [9.17, 15) is 53.7 Å². The highest BCUT2D eigenvalue weighted by molar-refractivity contribution is 7.47. The van der Waals surface area contributed by atoms with Crippen molar-refractivity contribution < 1.29 is 85.6 Å². The minimum atomic E-state index is -4.93. The zero-order chi connectivity index (χ0) is 45.6. The molecule has 0 spiro atoms. The van der Waals surface area contributed by atoms with Crippen LogP contribution in [0.5, 0.6) is 0 Å². The number of imidazole rings is 2. The number of nitrogen functional groups attached to an aromatic ring is 2. The van der Waals surface area contributed by atoms with Crippen LogP contribution in [-0.2, 0) is 55.5 Å². The standard InChI is InChI=1S/C31H47N11O18P2/c1-31(2,3)60-30(49)40(6-8-54-61(50,51)56-10-14-18(43)20(45)26(58-14)41-12-38(4)16-22(41)34-28(32)36-24(16)47)7-9-55-62(52,53)57-11-15-19(44)21(46)27(59-15)42-13-39(5)17-23(42)35-29(33)37-25(17)48/h12-15,18-21,26-27,43-46H,6-11H2,1-5H3,(H6-2,32,33,34,35,36,37,47,48,50,51,52,53)/p+2/t14-,15-,18-,19-,20-,21-,26-,27-/m1/s1. The molecule has 10 atom stereocenters. The average molecular weight is 926 g/mol. The molecule has 12 N–H and O–H groups in total. The molecule has 2 aliphatic heterocycles. The van der Waals surface area contributed by atoms with E-state index in [-0.39, 0.29) is 34.2 Å². The largest absolute Gasteiger partial charge is 0.472 e. The van der Waals surface area contributed by atoms with Crippen molar-refractivity contribution in [2.75, 3.05) is 51.0 Å². The molecule has 0 bridgehead atoms. The van der Waals surface area contributed by atoms with E-state index in [2.05, 4.69) is 19.9 Å². The number of phosphoric acid groups is 2. The van der Waals surface area contributed by atoms with Gasteiger partial charge in [-0.3, -0.25) is 46.8 Å². The first kappa shape index (κ1) is 47.0. The number of nitrogens with one attached hydrogen (secondary N) is 2. The third kappa shape index (κ3) is 10.3. The second kappa shape index (κ2) is 18.0. The molecule has 0 radical (unpaired) electrons. The van der Waals surface area contributed by atoms with Crippen molar-refractivity contribution in [3.63, 3.8) is 0 Å². The zero-order valence-corrected chi connectivity index (χ0v) is 35.6. The molecule has 6 heterocycles. The lowest BCUT2D eigenvalue weighted by molar-refractivity contribution is -0.746. The number of rotatable bonds is 16. The van der Waals surface area contributed by atoms with E-state index in [0.717, 1.165) is 4.90 Å². The second-order valence-corrected chi connectivity index (χ2v) is 18.2. The van der Waals surface area contributed by atoms with Crippen molar-refractivity contribution in [1.82, 2.24) is 34.0 Å². The van der Waals surface area contributed by atoms with Crippen molar-refractivity contribution in [2.45, 2.75) is 75.5 Å². The first-order valence-corrected chi connectivity index (χ1v) is 21.6. The number of amides is 1. The zero-order valence-electron chi connectivity index (χ0n) is 33.8. The highest BCUT2D eigenvalue weighted by atomic mass is 31.2. The first-order valence-electron chi connectivity index (χ1n) is 18.6. The van der Waals surface area contributed by atoms with E-state index in [1.165, 1.54) is 45.0 Å². The normalized spacial score (nSPS) is 26.2. The molecule has 2 fully saturated rings. The van der Waals surface area contributed by atoms with Gasteiger partial charge in [-0.25, -0.2) is 23.1 Å². The van der Waals surface area contributed by atoms with Crippen LogP contribution in [0, 0.1) is 0 Å². The van der Waals surface area contributed by atoms with Gasteiger partial charge in [0.25, 0.3) is 23.0 Å². The number of hydrogen-bond acceptors (Lipinski definition) is 20. The van der Waals surface area contributed by atoms with Gasteiger partial charge in [0.15, 0.2) is 12.7 Å². The molecular weight excluding hydrogens is 876 g/mol. The van der Waals surface area contributed by atoms with Gasteiger partial charge in [-0.15, -0.1) is 0 Å². The maximum Gasteiger partial charge on any atom is 0.472 e. The highest BCUT2D eigenvalue weighted by Gasteiger charge is 2.49. The minimum absolute atomic E-state index is 0.0213. The second-order valence-electron chi connectivity index (χ2n) is 15.3. The van der Waals surface area contributed by atoms with Crippen LogP contribution in [0.15, 0.2) is 22.2 Å². The fourth-order valence-electron chi connectivity index (χ4n) is 6.67. The van der Waals surface area contributed by atoms with Crippen molar-refractivity contribution in [3.05, 3.63) is 33.4 Å². The number of aliphatic hydroxyl groups is 4. The van der Waals surface area contributed by atoms with Crippen LogP contribution in [0.4, 0.5) is 16.7 Å². The first-order chi connectivity index (χ1) is 28.9. The summed E-state index contributed by atoms with van der Waals surface area (Å²) in [7, 11) is -6.81. The summed E-state index contributed by atoms with van der Waals surface area (Å²) in [6.07, 6.45) is -10.1. The summed E-state index contributed by atoms with van der Waals surface area (Å²) in [4.78, 5) is 72.4. The van der Waals surface area contributed by atoms with E-state index in [1.807, 2.05) is 0 Å². The third-order valence-electron chi connectivity index (χ3n) is 9.49. The Labute approximate surface area is 349 Å². The van der Waals surface area contributed by atoms with Crippen LogP contribution < -0.4 is 31.7 Å². The van der Waals surface area contributed by atoms with Gasteiger partial charge in [0.05, 0.1) is 40.5 Å². The molecule has 29 nitrogen and oxygen atoms in total. The number of aliphatic hydroxyl groups excluding tert-OH is 4. The number of phosphoric ester groups is 2. The summed E-state index contributed by atoms with van der Waals surface area (Å²) in [6.45, 7) is 0.971. The van der Waals surface area contributed by atoms with Gasteiger partial charge in [0.2, 0.25) is 23.5 Å². The summed E-state index contributed by atoms with van der Waals surface area (Å²) in [5.41, 5.74) is 9.40. The van der Waals surface area contributed by atoms with Gasteiger partial charge >= 0.3 is 33.0 Å². The van der Waals surface area contributed by atoms with E-state index in [4.69, 9.17) is 43.8 Å². The Hall–Kier alpha value is -4.45. The summed E-state index contributed by atoms with van der Waals surface area (Å²) >= 11 is 0. The number of nitrogens with two attached hydrogens (primary N) is 2. The van der Waals surface area contributed by atoms with Gasteiger partial charge in [-0.05, 0) is 20.8 Å². The Morgan fingerprint density at radius 2 is 1.16 bits per heavy atom. The van der Waals surface area contributed by atoms with Crippen molar-refractivity contribution in [1.29, 1.82) is 0 Å². The lowest BCUT2D eigenvalue weighted by Gasteiger charge is -2.27. The lowest BCUT2D eigenvalue weighted by Crippen LogP contribution is -2.46. The number of fused-ring (bicyclic) bond motifs is 2. The van der Waals surface area contributed by atoms with Crippen molar-refractivity contribution in [3.8, 4) is 0 Å². The molecular formula is C31H49N11O18P2+2. The molecule has 4 aromatic rings. The fraction of sp³-hybridized carbons (Fsp3) is 0.645. The smallest absolute Gasteiger partial charge is 0.444 e. The maximum atomic E-state index is 13.0. The lowest BCUT2D eigenvalue weighted by atomic mass is 10.1. The molecule has 0 saturated carbocycles. The summed E-state index contributed by atoms with van der Waals surface area (Å²) in [5, 5.41) is 42.8. The molecule has 6 rings (SSSR count). The van der Waals surface area contributed by atoms with Gasteiger partial charge in [-0.1, -0.05) is 9.97 Å².